The summed E-state index contributed by atoms with van der Waals surface area (Å²) in [5.41, 5.74) is 0. The van der Waals surface area contributed by atoms with Crippen molar-refractivity contribution in [2.24, 2.45) is 0 Å². The van der Waals surface area contributed by atoms with Gasteiger partial charge in [-0.25, -0.2) is 4.98 Å². The summed E-state index contributed by atoms with van der Waals surface area (Å²) < 4.78 is 0.529. The molecular weight excluding hydrogens is 146 g/mol. The summed E-state index contributed by atoms with van der Waals surface area (Å²) in [5.74, 6) is 0.912. The highest BCUT2D eigenvalue weighted by atomic mass is 32.1. The summed E-state index contributed by atoms with van der Waals surface area (Å²) in [6.45, 7) is 6.02. The second-order valence-corrected chi connectivity index (χ2v) is 1.85. The lowest BCUT2D eigenvalue weighted by atomic mass is 10.5. The molecule has 0 aliphatic rings. The average Bonchev–Trinajstić information content (AvgIpc) is 2.40. The van der Waals surface area contributed by atoms with Crippen LogP contribution < -0.4 is 0 Å². The number of nitrogens with zero attached hydrogens (tertiary/aromatic N) is 1. The van der Waals surface area contributed by atoms with Crippen molar-refractivity contribution in [3.05, 3.63) is 10.6 Å². The van der Waals surface area contributed by atoms with E-state index in [4.69, 9.17) is 12.2 Å². The van der Waals surface area contributed by atoms with E-state index in [1.807, 2.05) is 20.8 Å². The summed E-state index contributed by atoms with van der Waals surface area (Å²) in [7, 11) is 0. The molecule has 0 unspecified atom stereocenters. The molecule has 1 aromatic heterocycles. The van der Waals surface area contributed by atoms with Gasteiger partial charge in [-0.05, 0) is 12.2 Å². The van der Waals surface area contributed by atoms with E-state index >= 15 is 0 Å². The zero-order chi connectivity index (χ0) is 7.98. The summed E-state index contributed by atoms with van der Waals surface area (Å²) >= 11 is 4.70. The average molecular weight is 159 g/mol. The molecule has 0 saturated carbocycles. The lowest BCUT2D eigenvalue weighted by Gasteiger charge is -1.78. The molecular formula is C6H13N3S. The van der Waals surface area contributed by atoms with Crippen molar-refractivity contribution in [3.63, 3.8) is 0 Å². The van der Waals surface area contributed by atoms with Crippen LogP contribution in [0.3, 0.4) is 0 Å². The first-order valence-electron chi connectivity index (χ1n) is 3.46. The fraction of sp³-hybridized carbons (Fsp3) is 0.667. The van der Waals surface area contributed by atoms with Crippen LogP contribution in [0.5, 0.6) is 0 Å². The zero-order valence-electron chi connectivity index (χ0n) is 6.56. The van der Waals surface area contributed by atoms with E-state index in [0.29, 0.717) is 4.77 Å². The first-order chi connectivity index (χ1) is 4.83. The van der Waals surface area contributed by atoms with Gasteiger partial charge in [0.2, 0.25) is 4.77 Å². The number of aryl methyl sites for hydroxylation is 1. The molecule has 10 heavy (non-hydrogen) atoms. The van der Waals surface area contributed by atoms with Crippen LogP contribution >= 0.6 is 12.2 Å². The van der Waals surface area contributed by atoms with Crippen molar-refractivity contribution >= 4 is 12.2 Å². The minimum Gasteiger partial charge on any atom is -0.286 e. The van der Waals surface area contributed by atoms with E-state index in [1.165, 1.54) is 0 Å². The number of nitrogens with one attached hydrogen (secondary N) is 2. The number of aromatic amines is 2. The summed E-state index contributed by atoms with van der Waals surface area (Å²) in [6.07, 6.45) is 0.896. The van der Waals surface area contributed by atoms with Crippen molar-refractivity contribution in [3.8, 4) is 0 Å². The van der Waals surface area contributed by atoms with Crippen molar-refractivity contribution in [1.29, 1.82) is 0 Å². The normalized spacial score (nSPS) is 8.30. The smallest absolute Gasteiger partial charge is 0.213 e. The molecule has 0 fully saturated rings. The standard InChI is InChI=1S/C4H7N3S.C2H6/c1-2-3-5-4(8)7-6-3;1-2/h2H2,1H3,(H2,5,6,7,8);1-2H3. The summed E-state index contributed by atoms with van der Waals surface area (Å²) in [6, 6.07) is 0. The molecule has 0 spiro atoms. The van der Waals surface area contributed by atoms with E-state index < -0.39 is 0 Å². The molecule has 0 radical (unpaired) electrons. The molecule has 1 rings (SSSR count). The topological polar surface area (TPSA) is 44.5 Å². The van der Waals surface area contributed by atoms with Gasteiger partial charge in [0.25, 0.3) is 0 Å². The van der Waals surface area contributed by atoms with Crippen LogP contribution in [0.4, 0.5) is 0 Å². The van der Waals surface area contributed by atoms with Crippen LogP contribution in [0.25, 0.3) is 0 Å². The molecule has 1 aromatic rings. The van der Waals surface area contributed by atoms with Gasteiger partial charge in [0.15, 0.2) is 0 Å². The zero-order valence-corrected chi connectivity index (χ0v) is 7.38. The van der Waals surface area contributed by atoms with Crippen LogP contribution in [0.15, 0.2) is 0 Å². The molecule has 3 nitrogen and oxygen atoms in total. The molecule has 0 amide bonds. The Hall–Kier alpha value is -0.640. The number of H-pyrrole nitrogens is 2. The van der Waals surface area contributed by atoms with Crippen LogP contribution in [0.2, 0.25) is 0 Å². The molecule has 1 heterocycles. The van der Waals surface area contributed by atoms with Gasteiger partial charge >= 0.3 is 0 Å². The van der Waals surface area contributed by atoms with Crippen LogP contribution in [0.1, 0.15) is 26.6 Å². The predicted molar refractivity (Wildman–Crippen MR) is 44.5 cm³/mol. The third-order valence-electron chi connectivity index (χ3n) is 0.885. The molecule has 0 aliphatic carbocycles. The first kappa shape index (κ1) is 9.36. The maximum absolute atomic E-state index is 4.70. The van der Waals surface area contributed by atoms with Gasteiger partial charge in [-0.2, -0.15) is 0 Å². The fourth-order valence-electron chi connectivity index (χ4n) is 0.472. The molecule has 0 saturated heterocycles. The van der Waals surface area contributed by atoms with E-state index in [9.17, 15) is 0 Å². The predicted octanol–water partition coefficient (Wildman–Crippen LogP) is 2.06. The second kappa shape index (κ2) is 5.17. The molecule has 0 aliphatic heterocycles. The van der Waals surface area contributed by atoms with Crippen molar-refractivity contribution in [2.75, 3.05) is 0 Å². The molecule has 0 bridgehead atoms. The lowest BCUT2D eigenvalue weighted by molar-refractivity contribution is 0.946. The quantitative estimate of drug-likeness (QED) is 0.616. The summed E-state index contributed by atoms with van der Waals surface area (Å²) in [4.78, 5) is 3.93. The molecule has 2 N–H and O–H groups in total. The second-order valence-electron chi connectivity index (χ2n) is 1.47. The van der Waals surface area contributed by atoms with Crippen molar-refractivity contribution in [1.82, 2.24) is 15.2 Å². The van der Waals surface area contributed by atoms with Crippen LogP contribution in [0, 0.1) is 4.77 Å². The summed E-state index contributed by atoms with van der Waals surface area (Å²) in [5, 5.41) is 5.51. The molecule has 58 valence electrons. The van der Waals surface area contributed by atoms with Gasteiger partial charge in [-0.15, -0.1) is 0 Å². The van der Waals surface area contributed by atoms with E-state index in [0.717, 1.165) is 12.2 Å². The lowest BCUT2D eigenvalue weighted by Crippen LogP contribution is -1.80. The minimum absolute atomic E-state index is 0.529. The Morgan fingerprint density at radius 2 is 2.00 bits per heavy atom. The highest BCUT2D eigenvalue weighted by Gasteiger charge is 1.87. The van der Waals surface area contributed by atoms with Crippen molar-refractivity contribution in [2.45, 2.75) is 27.2 Å². The van der Waals surface area contributed by atoms with Gasteiger partial charge in [0.1, 0.15) is 5.82 Å². The van der Waals surface area contributed by atoms with Gasteiger partial charge in [-0.3, -0.25) is 10.2 Å². The number of hydrogen-bond acceptors (Lipinski definition) is 2. The Morgan fingerprint density at radius 1 is 1.40 bits per heavy atom. The Labute approximate surface area is 65.9 Å². The number of aromatic nitrogens is 3. The Bertz CT molecular complexity index is 213. The molecule has 0 aromatic carbocycles. The van der Waals surface area contributed by atoms with Crippen LogP contribution in [-0.2, 0) is 6.42 Å². The van der Waals surface area contributed by atoms with E-state index in [-0.39, 0.29) is 0 Å². The van der Waals surface area contributed by atoms with Gasteiger partial charge in [-0.1, -0.05) is 20.8 Å². The largest absolute Gasteiger partial charge is 0.286 e. The maximum Gasteiger partial charge on any atom is 0.213 e. The van der Waals surface area contributed by atoms with E-state index in [2.05, 4.69) is 15.2 Å². The fourth-order valence-corrected chi connectivity index (χ4v) is 0.633. The van der Waals surface area contributed by atoms with Gasteiger partial charge < -0.3 is 0 Å². The third-order valence-corrected chi connectivity index (χ3v) is 1.08. The monoisotopic (exact) mass is 159 g/mol. The maximum atomic E-state index is 4.70. The van der Waals surface area contributed by atoms with Crippen LogP contribution in [-0.4, -0.2) is 15.2 Å². The minimum atomic E-state index is 0.529. The highest BCUT2D eigenvalue weighted by Crippen LogP contribution is 1.85. The SMILES string of the molecule is CC.CCc1nc(=S)[nH][nH]1. The van der Waals surface area contributed by atoms with Crippen molar-refractivity contribution < 1.29 is 0 Å². The molecule has 4 heteroatoms. The van der Waals surface area contributed by atoms with E-state index in [1.54, 1.807) is 0 Å². The first-order valence-corrected chi connectivity index (χ1v) is 3.87. The highest BCUT2D eigenvalue weighted by molar-refractivity contribution is 7.71. The number of rotatable bonds is 1. The Balaban J connectivity index is 0.000000371. The number of hydrogen-bond donors (Lipinski definition) is 2. The Kier molecular flexibility index (Phi) is 4.84. The molecule has 0 atom stereocenters. The Morgan fingerprint density at radius 3 is 2.20 bits per heavy atom. The van der Waals surface area contributed by atoms with Gasteiger partial charge in [0, 0.05) is 6.42 Å². The third kappa shape index (κ3) is 2.77. The van der Waals surface area contributed by atoms with Gasteiger partial charge in [0.05, 0.1) is 0 Å².